The van der Waals surface area contributed by atoms with E-state index in [0.29, 0.717) is 71.8 Å². The van der Waals surface area contributed by atoms with E-state index in [2.05, 4.69) is 15.5 Å². The number of carboxylic acid groups (broad SMARTS) is 1. The van der Waals surface area contributed by atoms with Gasteiger partial charge in [-0.05, 0) is 93.2 Å². The zero-order valence-corrected chi connectivity index (χ0v) is 24.2. The van der Waals surface area contributed by atoms with Crippen molar-refractivity contribution in [1.82, 2.24) is 9.80 Å². The minimum absolute atomic E-state index is 0.0646. The molecule has 6 rings (SSSR count). The number of piperidine rings is 1. The number of carboxylic acids is 1. The first-order valence-electron chi connectivity index (χ1n) is 14.8. The summed E-state index contributed by atoms with van der Waals surface area (Å²) in [4.78, 5) is 42.4. The Balaban J connectivity index is 1.22. The number of anilines is 2. The number of carbonyl (C=O) groups excluding carboxylic acids is 2. The molecule has 3 aliphatic rings. The molecular weight excluding hydrogens is 544 g/mol. The average molecular weight is 581 g/mol. The molecule has 0 radical (unpaired) electrons. The van der Waals surface area contributed by atoms with Gasteiger partial charge in [0.2, 0.25) is 0 Å². The minimum atomic E-state index is -1.05. The Morgan fingerprint density at radius 1 is 0.930 bits per heavy atom. The van der Waals surface area contributed by atoms with Crippen molar-refractivity contribution < 1.29 is 24.6 Å². The van der Waals surface area contributed by atoms with Gasteiger partial charge in [-0.25, -0.2) is 4.79 Å². The maximum atomic E-state index is 13.3. The summed E-state index contributed by atoms with van der Waals surface area (Å²) in [5, 5.41) is 26.9. The number of aryl methyl sites for hydroxylation is 1. The van der Waals surface area contributed by atoms with Crippen LogP contribution in [0.25, 0.3) is 11.3 Å². The summed E-state index contributed by atoms with van der Waals surface area (Å²) in [5.74, 6) is -1.44. The zero-order valence-electron chi connectivity index (χ0n) is 24.2. The second-order valence-electron chi connectivity index (χ2n) is 11.8. The summed E-state index contributed by atoms with van der Waals surface area (Å²) in [6.45, 7) is 5.51. The predicted molar refractivity (Wildman–Crippen MR) is 166 cm³/mol. The highest BCUT2D eigenvalue weighted by Crippen LogP contribution is 2.39. The lowest BCUT2D eigenvalue weighted by atomic mass is 9.90. The van der Waals surface area contributed by atoms with Crippen LogP contribution in [-0.2, 0) is 4.79 Å². The monoisotopic (exact) mass is 580 g/mol. The third kappa shape index (κ3) is 5.91. The number of nitrogens with zero attached hydrogens (tertiary/aromatic N) is 2. The Hall–Kier alpha value is -4.47. The van der Waals surface area contributed by atoms with E-state index in [1.165, 1.54) is 18.9 Å². The Morgan fingerprint density at radius 2 is 1.60 bits per heavy atom. The predicted octanol–water partition coefficient (Wildman–Crippen LogP) is 4.69. The van der Waals surface area contributed by atoms with Crippen molar-refractivity contribution in [2.45, 2.75) is 38.2 Å². The normalized spacial score (nSPS) is 19.1. The molecule has 9 nitrogen and oxygen atoms in total. The van der Waals surface area contributed by atoms with Crippen LogP contribution in [0.15, 0.2) is 66.7 Å². The second kappa shape index (κ2) is 11.7. The molecule has 0 atom stereocenters. The molecule has 43 heavy (non-hydrogen) atoms. The summed E-state index contributed by atoms with van der Waals surface area (Å²) in [5.41, 5.74) is 4.07. The summed E-state index contributed by atoms with van der Waals surface area (Å²) in [6.07, 6.45) is 3.51. The molecule has 2 fully saturated rings. The third-order valence-electron chi connectivity index (χ3n) is 8.75. The van der Waals surface area contributed by atoms with Crippen molar-refractivity contribution in [1.29, 1.82) is 0 Å². The van der Waals surface area contributed by atoms with Gasteiger partial charge < -0.3 is 30.6 Å². The van der Waals surface area contributed by atoms with Gasteiger partial charge in [0.15, 0.2) is 0 Å². The summed E-state index contributed by atoms with van der Waals surface area (Å²) in [6, 6.07) is 19.9. The molecule has 9 heteroatoms. The van der Waals surface area contributed by atoms with Crippen LogP contribution >= 0.6 is 0 Å². The van der Waals surface area contributed by atoms with E-state index >= 15 is 0 Å². The van der Waals surface area contributed by atoms with Gasteiger partial charge in [-0.3, -0.25) is 9.59 Å². The van der Waals surface area contributed by atoms with Crippen molar-refractivity contribution in [3.05, 3.63) is 94.5 Å². The fourth-order valence-electron chi connectivity index (χ4n) is 6.35. The molecule has 2 amide bonds. The molecule has 0 aliphatic carbocycles. The summed E-state index contributed by atoms with van der Waals surface area (Å²) >= 11 is 0. The van der Waals surface area contributed by atoms with E-state index in [1.807, 2.05) is 47.4 Å². The number of aromatic carboxylic acids is 1. The molecule has 0 bridgehead atoms. The molecule has 4 N–H and O–H groups in total. The van der Waals surface area contributed by atoms with Crippen molar-refractivity contribution in [2.75, 3.05) is 43.4 Å². The van der Waals surface area contributed by atoms with Crippen molar-refractivity contribution in [2.24, 2.45) is 0 Å². The van der Waals surface area contributed by atoms with Crippen LogP contribution in [0, 0.1) is 6.92 Å². The van der Waals surface area contributed by atoms with E-state index < -0.39 is 11.6 Å². The highest BCUT2D eigenvalue weighted by Gasteiger charge is 2.36. The second-order valence-corrected chi connectivity index (χ2v) is 11.8. The quantitative estimate of drug-likeness (QED) is 0.299. The van der Waals surface area contributed by atoms with Crippen LogP contribution in [0.5, 0.6) is 0 Å². The molecule has 3 heterocycles. The van der Waals surface area contributed by atoms with Gasteiger partial charge in [0.05, 0.1) is 28.1 Å². The van der Waals surface area contributed by atoms with E-state index in [-0.39, 0.29) is 17.4 Å². The fourth-order valence-corrected chi connectivity index (χ4v) is 6.35. The van der Waals surface area contributed by atoms with Crippen molar-refractivity contribution >= 4 is 40.4 Å². The van der Waals surface area contributed by atoms with Gasteiger partial charge in [-0.15, -0.1) is 0 Å². The number of hydrogen-bond acceptors (Lipinski definition) is 6. The third-order valence-corrected chi connectivity index (χ3v) is 8.75. The van der Waals surface area contributed by atoms with Crippen molar-refractivity contribution in [3.8, 4) is 0 Å². The van der Waals surface area contributed by atoms with Gasteiger partial charge in [-0.2, -0.15) is 0 Å². The fraction of sp³-hybridized carbons (Fsp3) is 0.324. The number of amides is 2. The molecule has 0 aromatic heterocycles. The van der Waals surface area contributed by atoms with Crippen LogP contribution in [0.3, 0.4) is 0 Å². The van der Waals surface area contributed by atoms with Gasteiger partial charge >= 0.3 is 5.97 Å². The molecule has 222 valence electrons. The zero-order chi connectivity index (χ0) is 30.1. The summed E-state index contributed by atoms with van der Waals surface area (Å²) < 4.78 is 0. The molecule has 3 aromatic carbocycles. The first-order valence-corrected chi connectivity index (χ1v) is 14.8. The lowest BCUT2D eigenvalue weighted by Gasteiger charge is -2.40. The van der Waals surface area contributed by atoms with E-state index in [4.69, 9.17) is 0 Å². The lowest BCUT2D eigenvalue weighted by Crippen LogP contribution is -2.51. The number of carbonyl (C=O) groups is 3. The Kier molecular flexibility index (Phi) is 7.77. The van der Waals surface area contributed by atoms with Crippen LogP contribution < -0.4 is 10.6 Å². The van der Waals surface area contributed by atoms with Gasteiger partial charge in [0.1, 0.15) is 0 Å². The number of fused-ring (bicyclic) bond motifs is 1. The molecule has 3 aromatic rings. The first kappa shape index (κ1) is 28.6. The lowest BCUT2D eigenvalue weighted by molar-refractivity contribution is -0.110. The number of nitrogens with one attached hydrogen (secondary N) is 2. The molecule has 3 aliphatic heterocycles. The molecule has 2 saturated heterocycles. The van der Waals surface area contributed by atoms with Crippen LogP contribution in [0.1, 0.15) is 63.1 Å². The maximum absolute atomic E-state index is 13.3. The molecule has 0 saturated carbocycles. The van der Waals surface area contributed by atoms with Crippen LogP contribution in [0.2, 0.25) is 0 Å². The highest BCUT2D eigenvalue weighted by molar-refractivity contribution is 6.37. The highest BCUT2D eigenvalue weighted by atomic mass is 16.4. The first-order chi connectivity index (χ1) is 20.7. The molecule has 0 unspecified atom stereocenters. The van der Waals surface area contributed by atoms with Crippen LogP contribution in [-0.4, -0.2) is 76.1 Å². The number of benzene rings is 3. The topological polar surface area (TPSA) is 122 Å². The Labute approximate surface area is 250 Å². The van der Waals surface area contributed by atoms with Gasteiger partial charge in [0.25, 0.3) is 11.8 Å². The van der Waals surface area contributed by atoms with E-state index in [9.17, 15) is 24.6 Å². The van der Waals surface area contributed by atoms with Crippen LogP contribution in [0.4, 0.5) is 11.4 Å². The smallest absolute Gasteiger partial charge is 0.336 e. The SMILES string of the molecule is Cc1cc2c(cc1C(=O)O)NC(=O)C2=C(Nc1ccc(C(=O)N2CCC(O)(CN3CCCC3)CC2)cc1)c1ccccc1. The number of likely N-dealkylation sites (tertiary alicyclic amines) is 2. The Morgan fingerprint density at radius 3 is 2.26 bits per heavy atom. The van der Waals surface area contributed by atoms with E-state index in [1.54, 1.807) is 25.1 Å². The van der Waals surface area contributed by atoms with Gasteiger partial charge in [0, 0.05) is 36.4 Å². The number of rotatable bonds is 7. The maximum Gasteiger partial charge on any atom is 0.336 e. The molecular formula is C34H36N4O5. The minimum Gasteiger partial charge on any atom is -0.478 e. The van der Waals surface area contributed by atoms with Gasteiger partial charge in [-0.1, -0.05) is 30.3 Å². The van der Waals surface area contributed by atoms with Crippen molar-refractivity contribution in [3.63, 3.8) is 0 Å². The largest absolute Gasteiger partial charge is 0.478 e. The molecule has 0 spiro atoms. The number of hydrogen-bond donors (Lipinski definition) is 4. The standard InChI is InChI=1S/C34H36N4O5/c1-22-19-27-28(20-26(22)33(41)42)36-31(39)29(27)30(23-7-3-2-4-8-23)35-25-11-9-24(10-12-25)32(40)38-17-13-34(43,14-18-38)21-37-15-5-6-16-37/h2-4,7-12,19-20,35,43H,5-6,13-18,21H2,1H3,(H,36,39)(H,41,42). The Bertz CT molecular complexity index is 1580. The number of β-amino-alcohol motifs (C(OH)–C–C–N with tert-alkyl or cyclic N) is 1. The summed E-state index contributed by atoms with van der Waals surface area (Å²) in [7, 11) is 0. The number of aliphatic hydroxyl groups is 1. The average Bonchev–Trinajstić information content (AvgIpc) is 3.62. The van der Waals surface area contributed by atoms with E-state index in [0.717, 1.165) is 18.7 Å².